The van der Waals surface area contributed by atoms with Crippen molar-refractivity contribution in [1.82, 2.24) is 14.6 Å². The highest BCUT2D eigenvalue weighted by Crippen LogP contribution is 2.32. The number of hydrogen-bond donors (Lipinski definition) is 0. The molecule has 3 aromatic rings. The van der Waals surface area contributed by atoms with Crippen molar-refractivity contribution in [2.75, 3.05) is 12.3 Å². The van der Waals surface area contributed by atoms with Crippen molar-refractivity contribution in [2.24, 2.45) is 18.1 Å². The first-order chi connectivity index (χ1) is 13.6. The Balaban J connectivity index is 1.52. The molecule has 1 aromatic heterocycles. The van der Waals surface area contributed by atoms with E-state index >= 15 is 0 Å². The number of amides is 1. The molecule has 0 atom stereocenters. The number of aryl methyl sites for hydroxylation is 1. The second-order valence-corrected chi connectivity index (χ2v) is 8.26. The van der Waals surface area contributed by atoms with Gasteiger partial charge in [0.25, 0.3) is 0 Å². The molecule has 5 nitrogen and oxygen atoms in total. The van der Waals surface area contributed by atoms with Gasteiger partial charge in [0.15, 0.2) is 0 Å². The van der Waals surface area contributed by atoms with E-state index in [1.54, 1.807) is 11.1 Å². The minimum Gasteiger partial charge on any atom is -0.327 e. The molecular weight excluding hydrogens is 375 g/mol. The van der Waals surface area contributed by atoms with Crippen LogP contribution in [0.5, 0.6) is 0 Å². The molecule has 0 N–H and O–H groups in total. The van der Waals surface area contributed by atoms with Crippen LogP contribution in [0.15, 0.2) is 47.6 Å². The van der Waals surface area contributed by atoms with Crippen molar-refractivity contribution < 1.29 is 9.18 Å². The molecule has 28 heavy (non-hydrogen) atoms. The van der Waals surface area contributed by atoms with Crippen molar-refractivity contribution in [3.63, 3.8) is 0 Å². The fourth-order valence-electron chi connectivity index (χ4n) is 3.49. The third-order valence-electron chi connectivity index (χ3n) is 5.21. The predicted molar refractivity (Wildman–Crippen MR) is 110 cm³/mol. The van der Waals surface area contributed by atoms with Crippen molar-refractivity contribution in [1.29, 1.82) is 0 Å². The number of fused-ring (bicyclic) bond motifs is 1. The van der Waals surface area contributed by atoms with E-state index in [0.717, 1.165) is 33.7 Å². The van der Waals surface area contributed by atoms with E-state index in [9.17, 15) is 9.18 Å². The zero-order chi connectivity index (χ0) is 19.3. The van der Waals surface area contributed by atoms with Crippen LogP contribution in [0.4, 0.5) is 9.18 Å². The minimum absolute atomic E-state index is 0.0305. The summed E-state index contributed by atoms with van der Waals surface area (Å²) in [6.45, 7) is 0.713. The summed E-state index contributed by atoms with van der Waals surface area (Å²) in [4.78, 5) is 16.8. The summed E-state index contributed by atoms with van der Waals surface area (Å²) >= 11 is 1.30. The summed E-state index contributed by atoms with van der Waals surface area (Å²) in [7, 11) is 1.93. The van der Waals surface area contributed by atoms with Crippen LogP contribution in [0.2, 0.25) is 0 Å². The fourth-order valence-corrected chi connectivity index (χ4v) is 4.24. The van der Waals surface area contributed by atoms with Gasteiger partial charge in [-0.2, -0.15) is 5.10 Å². The monoisotopic (exact) mass is 394 g/mol. The van der Waals surface area contributed by atoms with E-state index in [1.807, 2.05) is 35.9 Å². The summed E-state index contributed by atoms with van der Waals surface area (Å²) in [5.74, 6) is 1.60. The normalized spacial score (nSPS) is 17.3. The Morgan fingerprint density at radius 1 is 1.18 bits per heavy atom. The lowest BCUT2D eigenvalue weighted by Gasteiger charge is -2.22. The highest BCUT2D eigenvalue weighted by atomic mass is 32.2. The van der Waals surface area contributed by atoms with Crippen molar-refractivity contribution >= 4 is 33.7 Å². The molecule has 2 heterocycles. The summed E-state index contributed by atoms with van der Waals surface area (Å²) < 4.78 is 15.6. The van der Waals surface area contributed by atoms with Gasteiger partial charge in [-0.25, -0.2) is 14.4 Å². The maximum atomic E-state index is 13.6. The number of aromatic nitrogens is 2. The summed E-state index contributed by atoms with van der Waals surface area (Å²) in [5, 5.41) is 6.26. The lowest BCUT2D eigenvalue weighted by Crippen LogP contribution is -2.31. The standard InChI is InChI=1S/C21H19FN4OS/c1-25-19-8-7-14(18-12-28-21(27)26(24-18)11-13-5-6-13)10-17(19)23-20(25)15-3-2-4-16(22)9-15/h2-4,7-10,13H,5-6,11-12H2,1H3. The topological polar surface area (TPSA) is 50.5 Å². The van der Waals surface area contributed by atoms with Crippen LogP contribution in [0.1, 0.15) is 18.4 Å². The number of nitrogens with zero attached hydrogens (tertiary/aromatic N) is 4. The molecule has 1 aliphatic carbocycles. The van der Waals surface area contributed by atoms with Crippen molar-refractivity contribution in [3.05, 3.63) is 53.8 Å². The Hall–Kier alpha value is -2.67. The van der Waals surface area contributed by atoms with Gasteiger partial charge in [0, 0.05) is 30.5 Å². The van der Waals surface area contributed by atoms with E-state index in [-0.39, 0.29) is 11.1 Å². The number of hydrogen-bond acceptors (Lipinski definition) is 4. The highest BCUT2D eigenvalue weighted by Gasteiger charge is 2.30. The van der Waals surface area contributed by atoms with Gasteiger partial charge in [0.1, 0.15) is 11.6 Å². The molecule has 1 amide bonds. The Kier molecular flexibility index (Phi) is 4.19. The molecule has 7 heteroatoms. The number of imidazole rings is 1. The van der Waals surface area contributed by atoms with Crippen molar-refractivity contribution in [3.8, 4) is 11.4 Å². The number of rotatable bonds is 4. The second-order valence-electron chi connectivity index (χ2n) is 7.34. The summed E-state index contributed by atoms with van der Waals surface area (Å²) in [6.07, 6.45) is 2.37. The van der Waals surface area contributed by atoms with E-state index in [4.69, 9.17) is 4.98 Å². The van der Waals surface area contributed by atoms with E-state index < -0.39 is 0 Å². The molecule has 142 valence electrons. The first kappa shape index (κ1) is 17.4. The fraction of sp³-hybridized carbons (Fsp3) is 0.286. The number of benzene rings is 2. The SMILES string of the molecule is Cn1c(-c2cccc(F)c2)nc2cc(C3=NN(CC4CC4)C(=O)SC3)ccc21. The van der Waals surface area contributed by atoms with Crippen LogP contribution >= 0.6 is 11.8 Å². The molecule has 2 aliphatic rings. The van der Waals surface area contributed by atoms with Gasteiger partial charge in [0.05, 0.1) is 16.7 Å². The quantitative estimate of drug-likeness (QED) is 0.647. The lowest BCUT2D eigenvalue weighted by atomic mass is 10.1. The van der Waals surface area contributed by atoms with Gasteiger partial charge in [-0.05, 0) is 43.0 Å². The molecule has 0 bridgehead atoms. The zero-order valence-electron chi connectivity index (χ0n) is 15.4. The molecule has 5 rings (SSSR count). The number of carbonyl (C=O) groups excluding carboxylic acids is 1. The Morgan fingerprint density at radius 3 is 2.82 bits per heavy atom. The van der Waals surface area contributed by atoms with Crippen LogP contribution in [0.25, 0.3) is 22.4 Å². The van der Waals surface area contributed by atoms with Gasteiger partial charge in [0.2, 0.25) is 0 Å². The summed E-state index contributed by atoms with van der Waals surface area (Å²) in [6, 6.07) is 12.5. The Morgan fingerprint density at radius 2 is 2.04 bits per heavy atom. The van der Waals surface area contributed by atoms with Gasteiger partial charge in [-0.15, -0.1) is 0 Å². The second kappa shape index (κ2) is 6.74. The Bertz CT molecular complexity index is 1120. The first-order valence-corrected chi connectivity index (χ1v) is 10.3. The molecule has 0 unspecified atom stereocenters. The molecule has 2 aromatic carbocycles. The molecule has 0 saturated heterocycles. The maximum absolute atomic E-state index is 13.6. The number of hydrazone groups is 1. The lowest BCUT2D eigenvalue weighted by molar-refractivity contribution is 0.222. The van der Waals surface area contributed by atoms with Gasteiger partial charge in [-0.1, -0.05) is 30.0 Å². The average Bonchev–Trinajstić information content (AvgIpc) is 3.45. The molecule has 0 radical (unpaired) electrons. The molecule has 1 aliphatic heterocycles. The van der Waals surface area contributed by atoms with Crippen LogP contribution < -0.4 is 0 Å². The Labute approximate surface area is 166 Å². The predicted octanol–water partition coefficient (Wildman–Crippen LogP) is 4.66. The van der Waals surface area contributed by atoms with Gasteiger partial charge in [-0.3, -0.25) is 4.79 Å². The summed E-state index contributed by atoms with van der Waals surface area (Å²) in [5.41, 5.74) is 4.41. The average molecular weight is 394 g/mol. The molecular formula is C21H19FN4OS. The van der Waals surface area contributed by atoms with E-state index in [2.05, 4.69) is 5.10 Å². The van der Waals surface area contributed by atoms with Gasteiger partial charge >= 0.3 is 5.24 Å². The van der Waals surface area contributed by atoms with Crippen LogP contribution in [0, 0.1) is 11.7 Å². The molecule has 1 fully saturated rings. The van der Waals surface area contributed by atoms with Crippen LogP contribution in [-0.4, -0.2) is 37.8 Å². The third kappa shape index (κ3) is 3.20. The smallest absolute Gasteiger partial charge is 0.302 e. The third-order valence-corrected chi connectivity index (χ3v) is 6.08. The number of thioether (sulfide) groups is 1. The molecule has 0 spiro atoms. The van der Waals surface area contributed by atoms with E-state index in [0.29, 0.717) is 18.2 Å². The molecule has 1 saturated carbocycles. The minimum atomic E-state index is -0.278. The maximum Gasteiger partial charge on any atom is 0.302 e. The number of carbonyl (C=O) groups is 1. The van der Waals surface area contributed by atoms with Crippen LogP contribution in [0.3, 0.4) is 0 Å². The van der Waals surface area contributed by atoms with Crippen LogP contribution in [-0.2, 0) is 7.05 Å². The van der Waals surface area contributed by atoms with Gasteiger partial charge < -0.3 is 4.57 Å². The zero-order valence-corrected chi connectivity index (χ0v) is 16.2. The van der Waals surface area contributed by atoms with E-state index in [1.165, 1.54) is 36.7 Å². The number of halogens is 1. The van der Waals surface area contributed by atoms with Crippen molar-refractivity contribution in [2.45, 2.75) is 12.8 Å². The highest BCUT2D eigenvalue weighted by molar-refractivity contribution is 8.14. The first-order valence-electron chi connectivity index (χ1n) is 9.33. The largest absolute Gasteiger partial charge is 0.327 e.